The Morgan fingerprint density at radius 3 is 2.66 bits per heavy atom. The Labute approximate surface area is 188 Å². The molecular formula is C24H18ClN5O2. The zero-order chi connectivity index (χ0) is 21.9. The first-order chi connectivity index (χ1) is 15.7. The number of nitrogens with one attached hydrogen (secondary N) is 1. The van der Waals surface area contributed by atoms with Gasteiger partial charge in [0.15, 0.2) is 11.5 Å². The van der Waals surface area contributed by atoms with Crippen LogP contribution in [-0.2, 0) is 0 Å². The van der Waals surface area contributed by atoms with Gasteiger partial charge in [-0.25, -0.2) is 0 Å². The van der Waals surface area contributed by atoms with E-state index in [4.69, 9.17) is 16.3 Å². The van der Waals surface area contributed by atoms with Gasteiger partial charge in [0.25, 0.3) is 5.91 Å². The number of halogens is 1. The fourth-order valence-corrected chi connectivity index (χ4v) is 3.72. The van der Waals surface area contributed by atoms with Gasteiger partial charge in [-0.15, -0.1) is 15.3 Å². The summed E-state index contributed by atoms with van der Waals surface area (Å²) in [4.78, 5) is 12.6. The van der Waals surface area contributed by atoms with Crippen LogP contribution in [0.3, 0.4) is 0 Å². The second-order valence-electron chi connectivity index (χ2n) is 7.08. The van der Waals surface area contributed by atoms with E-state index in [2.05, 4.69) is 20.6 Å². The minimum absolute atomic E-state index is 0.145. The van der Waals surface area contributed by atoms with Gasteiger partial charge in [-0.1, -0.05) is 60.1 Å². The number of aromatic nitrogens is 4. The number of rotatable bonds is 6. The standard InChI is InChI=1S/C24H18ClN5O2/c25-20-11-4-3-9-19(20)23-28-27-21-12-13-22(29-30(21)23)32-15-14-26-24(31)18-10-5-7-16-6-1-2-8-17(16)18/h1-13H,14-15H2,(H,26,31). The Balaban J connectivity index is 1.26. The second-order valence-corrected chi connectivity index (χ2v) is 7.48. The number of carbonyl (C=O) groups excluding carboxylic acids is 1. The summed E-state index contributed by atoms with van der Waals surface area (Å²) in [7, 11) is 0. The van der Waals surface area contributed by atoms with Crippen molar-refractivity contribution in [3.63, 3.8) is 0 Å². The molecule has 3 aromatic carbocycles. The molecule has 0 radical (unpaired) electrons. The first kappa shape index (κ1) is 20.0. The van der Waals surface area contributed by atoms with Gasteiger partial charge in [0.1, 0.15) is 6.61 Å². The summed E-state index contributed by atoms with van der Waals surface area (Å²) >= 11 is 6.29. The maximum Gasteiger partial charge on any atom is 0.252 e. The molecule has 32 heavy (non-hydrogen) atoms. The molecule has 0 aliphatic carbocycles. The average Bonchev–Trinajstić information content (AvgIpc) is 3.25. The summed E-state index contributed by atoms with van der Waals surface area (Å²) in [5, 5.41) is 18.2. The first-order valence-electron chi connectivity index (χ1n) is 10.1. The molecule has 0 aliphatic heterocycles. The molecular weight excluding hydrogens is 426 g/mol. The topological polar surface area (TPSA) is 81.4 Å². The molecule has 2 aromatic heterocycles. The number of fused-ring (bicyclic) bond motifs is 2. The van der Waals surface area contributed by atoms with Gasteiger partial charge >= 0.3 is 0 Å². The Kier molecular flexibility index (Phi) is 5.39. The van der Waals surface area contributed by atoms with Crippen molar-refractivity contribution in [1.82, 2.24) is 25.1 Å². The molecule has 0 saturated carbocycles. The fourth-order valence-electron chi connectivity index (χ4n) is 3.50. The van der Waals surface area contributed by atoms with E-state index in [1.807, 2.05) is 60.7 Å². The highest BCUT2D eigenvalue weighted by molar-refractivity contribution is 6.33. The van der Waals surface area contributed by atoms with Crippen molar-refractivity contribution in [2.45, 2.75) is 0 Å². The molecule has 5 aromatic rings. The van der Waals surface area contributed by atoms with Crippen molar-refractivity contribution in [3.05, 3.63) is 89.4 Å². The predicted molar refractivity (Wildman–Crippen MR) is 123 cm³/mol. The second kappa shape index (κ2) is 8.64. The molecule has 7 nitrogen and oxygen atoms in total. The summed E-state index contributed by atoms with van der Waals surface area (Å²) in [5.74, 6) is 0.777. The number of hydrogen-bond donors (Lipinski definition) is 1. The Morgan fingerprint density at radius 1 is 0.938 bits per heavy atom. The lowest BCUT2D eigenvalue weighted by molar-refractivity contribution is 0.0948. The molecule has 0 unspecified atom stereocenters. The highest BCUT2D eigenvalue weighted by atomic mass is 35.5. The number of ether oxygens (including phenoxy) is 1. The van der Waals surface area contributed by atoms with E-state index >= 15 is 0 Å². The van der Waals surface area contributed by atoms with Gasteiger partial charge in [0.2, 0.25) is 5.88 Å². The Morgan fingerprint density at radius 2 is 1.75 bits per heavy atom. The zero-order valence-electron chi connectivity index (χ0n) is 16.9. The molecule has 0 saturated heterocycles. The van der Waals surface area contributed by atoms with Gasteiger partial charge in [-0.3, -0.25) is 4.79 Å². The minimum Gasteiger partial charge on any atom is -0.475 e. The molecule has 1 amide bonds. The van der Waals surface area contributed by atoms with Gasteiger partial charge in [-0.2, -0.15) is 4.52 Å². The normalized spacial score (nSPS) is 11.0. The van der Waals surface area contributed by atoms with E-state index < -0.39 is 0 Å². The summed E-state index contributed by atoms with van der Waals surface area (Å²) in [6, 6.07) is 24.3. The molecule has 8 heteroatoms. The number of carbonyl (C=O) groups is 1. The van der Waals surface area contributed by atoms with Crippen molar-refractivity contribution < 1.29 is 9.53 Å². The van der Waals surface area contributed by atoms with Crippen LogP contribution in [0.4, 0.5) is 0 Å². The SMILES string of the molecule is O=C(NCCOc1ccc2nnc(-c3ccccc3Cl)n2n1)c1cccc2ccccc12. The summed E-state index contributed by atoms with van der Waals surface area (Å²) in [5.41, 5.74) is 1.95. The van der Waals surface area contributed by atoms with Gasteiger partial charge < -0.3 is 10.1 Å². The lowest BCUT2D eigenvalue weighted by Gasteiger charge is -2.09. The molecule has 0 atom stereocenters. The third kappa shape index (κ3) is 3.86. The van der Waals surface area contributed by atoms with Crippen LogP contribution in [0.15, 0.2) is 78.9 Å². The van der Waals surface area contributed by atoms with Crippen LogP contribution in [0.1, 0.15) is 10.4 Å². The largest absolute Gasteiger partial charge is 0.475 e. The Hall–Kier alpha value is -3.97. The van der Waals surface area contributed by atoms with Crippen LogP contribution < -0.4 is 10.1 Å². The molecule has 2 heterocycles. The monoisotopic (exact) mass is 443 g/mol. The average molecular weight is 444 g/mol. The van der Waals surface area contributed by atoms with E-state index in [1.54, 1.807) is 22.7 Å². The minimum atomic E-state index is -0.145. The predicted octanol–water partition coefficient (Wildman–Crippen LogP) is 4.41. The number of amides is 1. The quantitative estimate of drug-likeness (QED) is 0.393. The van der Waals surface area contributed by atoms with Gasteiger partial charge in [0.05, 0.1) is 11.6 Å². The summed E-state index contributed by atoms with van der Waals surface area (Å²) in [6.07, 6.45) is 0. The van der Waals surface area contributed by atoms with Crippen molar-refractivity contribution in [3.8, 4) is 17.3 Å². The third-order valence-corrected chi connectivity index (χ3v) is 5.35. The van der Waals surface area contributed by atoms with Crippen molar-refractivity contribution >= 4 is 33.9 Å². The first-order valence-corrected chi connectivity index (χ1v) is 10.4. The lowest BCUT2D eigenvalue weighted by Crippen LogP contribution is -2.28. The molecule has 158 valence electrons. The van der Waals surface area contributed by atoms with Crippen LogP contribution >= 0.6 is 11.6 Å². The lowest BCUT2D eigenvalue weighted by atomic mass is 10.0. The van der Waals surface area contributed by atoms with Gasteiger partial charge in [0, 0.05) is 17.2 Å². The maximum absolute atomic E-state index is 12.6. The van der Waals surface area contributed by atoms with E-state index in [9.17, 15) is 4.79 Å². The molecule has 1 N–H and O–H groups in total. The van der Waals surface area contributed by atoms with Crippen LogP contribution in [0.2, 0.25) is 5.02 Å². The van der Waals surface area contributed by atoms with E-state index in [0.717, 1.165) is 16.3 Å². The van der Waals surface area contributed by atoms with Crippen molar-refractivity contribution in [1.29, 1.82) is 0 Å². The highest BCUT2D eigenvalue weighted by Crippen LogP contribution is 2.26. The van der Waals surface area contributed by atoms with E-state index in [-0.39, 0.29) is 12.5 Å². The van der Waals surface area contributed by atoms with Crippen LogP contribution in [0.5, 0.6) is 5.88 Å². The van der Waals surface area contributed by atoms with E-state index in [1.165, 1.54) is 0 Å². The van der Waals surface area contributed by atoms with E-state index in [0.29, 0.717) is 34.5 Å². The highest BCUT2D eigenvalue weighted by Gasteiger charge is 2.13. The van der Waals surface area contributed by atoms with Crippen LogP contribution in [0.25, 0.3) is 27.8 Å². The molecule has 0 fully saturated rings. The van der Waals surface area contributed by atoms with Gasteiger partial charge in [-0.05, 0) is 35.0 Å². The zero-order valence-corrected chi connectivity index (χ0v) is 17.7. The molecule has 5 rings (SSSR count). The maximum atomic E-state index is 12.6. The number of benzene rings is 3. The van der Waals surface area contributed by atoms with Crippen LogP contribution in [0, 0.1) is 0 Å². The number of hydrogen-bond acceptors (Lipinski definition) is 5. The molecule has 0 spiro atoms. The smallest absolute Gasteiger partial charge is 0.252 e. The summed E-state index contributed by atoms with van der Waals surface area (Å²) in [6.45, 7) is 0.597. The summed E-state index contributed by atoms with van der Waals surface area (Å²) < 4.78 is 7.33. The fraction of sp³-hybridized carbons (Fsp3) is 0.0833. The van der Waals surface area contributed by atoms with Crippen LogP contribution in [-0.4, -0.2) is 38.9 Å². The third-order valence-electron chi connectivity index (χ3n) is 5.02. The number of nitrogens with zero attached hydrogens (tertiary/aromatic N) is 4. The molecule has 0 bridgehead atoms. The molecule has 0 aliphatic rings. The van der Waals surface area contributed by atoms with Crippen molar-refractivity contribution in [2.24, 2.45) is 0 Å². The Bertz CT molecular complexity index is 1430. The van der Waals surface area contributed by atoms with Crippen molar-refractivity contribution in [2.75, 3.05) is 13.2 Å².